The van der Waals surface area contributed by atoms with Crippen molar-refractivity contribution in [3.63, 3.8) is 0 Å². The standard InChI is InChI=1S/C14H14BrNO/c1-10-6-7-14(12(15)8-10)17-13-5-3-2-4-11(13)9-16/h2-8H,9,16H2,1H3. The van der Waals surface area contributed by atoms with Crippen molar-refractivity contribution in [2.24, 2.45) is 5.73 Å². The lowest BCUT2D eigenvalue weighted by atomic mass is 10.2. The summed E-state index contributed by atoms with van der Waals surface area (Å²) in [4.78, 5) is 0. The van der Waals surface area contributed by atoms with Crippen LogP contribution in [0.15, 0.2) is 46.9 Å². The normalized spacial score (nSPS) is 10.3. The van der Waals surface area contributed by atoms with E-state index in [1.54, 1.807) is 0 Å². The number of para-hydroxylation sites is 1. The van der Waals surface area contributed by atoms with E-state index in [2.05, 4.69) is 15.9 Å². The third kappa shape index (κ3) is 2.87. The van der Waals surface area contributed by atoms with Crippen molar-refractivity contribution in [1.29, 1.82) is 0 Å². The molecule has 0 aromatic heterocycles. The monoisotopic (exact) mass is 291 g/mol. The molecule has 0 aliphatic heterocycles. The van der Waals surface area contributed by atoms with Crippen molar-refractivity contribution < 1.29 is 4.74 Å². The first-order chi connectivity index (χ1) is 8.20. The van der Waals surface area contributed by atoms with Crippen molar-refractivity contribution in [3.05, 3.63) is 58.1 Å². The molecular weight excluding hydrogens is 278 g/mol. The minimum Gasteiger partial charge on any atom is -0.456 e. The van der Waals surface area contributed by atoms with E-state index in [4.69, 9.17) is 10.5 Å². The molecule has 0 unspecified atom stereocenters. The lowest BCUT2D eigenvalue weighted by Gasteiger charge is -2.11. The maximum absolute atomic E-state index is 5.86. The summed E-state index contributed by atoms with van der Waals surface area (Å²) in [6.45, 7) is 2.52. The Kier molecular flexibility index (Phi) is 3.82. The molecule has 2 aromatic carbocycles. The fourth-order valence-corrected chi connectivity index (χ4v) is 2.15. The predicted molar refractivity (Wildman–Crippen MR) is 73.3 cm³/mol. The van der Waals surface area contributed by atoms with Crippen molar-refractivity contribution >= 4 is 15.9 Å². The Bertz CT molecular complexity index is 525. The third-order valence-electron chi connectivity index (χ3n) is 2.50. The van der Waals surface area contributed by atoms with Crippen LogP contribution in [0.5, 0.6) is 11.5 Å². The minimum atomic E-state index is 0.472. The van der Waals surface area contributed by atoms with Crippen molar-refractivity contribution in [2.75, 3.05) is 0 Å². The molecule has 2 N–H and O–H groups in total. The Morgan fingerprint density at radius 1 is 1.12 bits per heavy atom. The van der Waals surface area contributed by atoms with Gasteiger partial charge in [0.2, 0.25) is 0 Å². The molecule has 0 aliphatic rings. The number of aryl methyl sites for hydroxylation is 1. The van der Waals surface area contributed by atoms with Crippen LogP contribution in [-0.2, 0) is 6.54 Å². The number of ether oxygens (including phenoxy) is 1. The predicted octanol–water partition coefficient (Wildman–Crippen LogP) is 4.01. The van der Waals surface area contributed by atoms with E-state index in [0.29, 0.717) is 6.54 Å². The van der Waals surface area contributed by atoms with E-state index in [9.17, 15) is 0 Å². The van der Waals surface area contributed by atoms with Gasteiger partial charge in [-0.15, -0.1) is 0 Å². The molecule has 0 fully saturated rings. The molecule has 0 atom stereocenters. The van der Waals surface area contributed by atoms with Gasteiger partial charge in [-0.2, -0.15) is 0 Å². The summed E-state index contributed by atoms with van der Waals surface area (Å²) in [5, 5.41) is 0. The van der Waals surface area contributed by atoms with E-state index < -0.39 is 0 Å². The van der Waals surface area contributed by atoms with Gasteiger partial charge >= 0.3 is 0 Å². The summed E-state index contributed by atoms with van der Waals surface area (Å²) in [6.07, 6.45) is 0. The van der Waals surface area contributed by atoms with Crippen LogP contribution < -0.4 is 10.5 Å². The van der Waals surface area contributed by atoms with Crippen LogP contribution in [0.25, 0.3) is 0 Å². The molecule has 0 aliphatic carbocycles. The zero-order chi connectivity index (χ0) is 12.3. The van der Waals surface area contributed by atoms with E-state index >= 15 is 0 Å². The number of benzene rings is 2. The first kappa shape index (κ1) is 12.1. The van der Waals surface area contributed by atoms with Gasteiger partial charge in [0.05, 0.1) is 4.47 Å². The summed E-state index contributed by atoms with van der Waals surface area (Å²) in [5.41, 5.74) is 7.87. The van der Waals surface area contributed by atoms with Gasteiger partial charge in [-0.25, -0.2) is 0 Å². The first-order valence-corrected chi connectivity index (χ1v) is 6.22. The molecule has 0 radical (unpaired) electrons. The number of rotatable bonds is 3. The van der Waals surface area contributed by atoms with E-state index in [1.165, 1.54) is 5.56 Å². The summed E-state index contributed by atoms with van der Waals surface area (Å²) in [7, 11) is 0. The zero-order valence-electron chi connectivity index (χ0n) is 9.61. The maximum atomic E-state index is 5.86. The highest BCUT2D eigenvalue weighted by Crippen LogP contribution is 2.31. The van der Waals surface area contributed by atoms with Gasteiger partial charge in [0.25, 0.3) is 0 Å². The molecule has 0 saturated carbocycles. The molecule has 0 saturated heterocycles. The maximum Gasteiger partial charge on any atom is 0.141 e. The van der Waals surface area contributed by atoms with Gasteiger partial charge in [0.15, 0.2) is 0 Å². The smallest absolute Gasteiger partial charge is 0.141 e. The van der Waals surface area contributed by atoms with Crippen molar-refractivity contribution in [3.8, 4) is 11.5 Å². The minimum absolute atomic E-state index is 0.472. The molecule has 0 heterocycles. The molecule has 0 spiro atoms. The van der Waals surface area contributed by atoms with Crippen LogP contribution in [0.1, 0.15) is 11.1 Å². The van der Waals surface area contributed by atoms with Crippen LogP contribution in [-0.4, -0.2) is 0 Å². The van der Waals surface area contributed by atoms with Crippen molar-refractivity contribution in [2.45, 2.75) is 13.5 Å². The SMILES string of the molecule is Cc1ccc(Oc2ccccc2CN)c(Br)c1. The quantitative estimate of drug-likeness (QED) is 0.927. The molecule has 88 valence electrons. The average Bonchev–Trinajstić information content (AvgIpc) is 2.33. The Labute approximate surface area is 110 Å². The fourth-order valence-electron chi connectivity index (χ4n) is 1.58. The summed E-state index contributed by atoms with van der Waals surface area (Å²) >= 11 is 3.49. The highest BCUT2D eigenvalue weighted by Gasteiger charge is 2.05. The van der Waals surface area contributed by atoms with Gasteiger partial charge < -0.3 is 10.5 Å². The van der Waals surface area contributed by atoms with Gasteiger partial charge in [0, 0.05) is 12.1 Å². The topological polar surface area (TPSA) is 35.2 Å². The molecule has 0 amide bonds. The Balaban J connectivity index is 2.31. The first-order valence-electron chi connectivity index (χ1n) is 5.42. The largest absolute Gasteiger partial charge is 0.456 e. The van der Waals surface area contributed by atoms with Gasteiger partial charge in [-0.05, 0) is 46.6 Å². The van der Waals surface area contributed by atoms with E-state index in [0.717, 1.165) is 21.5 Å². The number of hydrogen-bond acceptors (Lipinski definition) is 2. The fraction of sp³-hybridized carbons (Fsp3) is 0.143. The average molecular weight is 292 g/mol. The molecular formula is C14H14BrNO. The second kappa shape index (κ2) is 5.34. The summed E-state index contributed by atoms with van der Waals surface area (Å²) < 4.78 is 6.81. The summed E-state index contributed by atoms with van der Waals surface area (Å²) in [6, 6.07) is 13.8. The number of halogens is 1. The Hall–Kier alpha value is -1.32. The second-order valence-corrected chi connectivity index (χ2v) is 4.70. The lowest BCUT2D eigenvalue weighted by molar-refractivity contribution is 0.473. The van der Waals surface area contributed by atoms with Crippen molar-refractivity contribution in [1.82, 2.24) is 0 Å². The van der Waals surface area contributed by atoms with Gasteiger partial charge in [-0.1, -0.05) is 24.3 Å². The van der Waals surface area contributed by atoms with Crippen LogP contribution in [0.3, 0.4) is 0 Å². The van der Waals surface area contributed by atoms with Gasteiger partial charge in [0.1, 0.15) is 11.5 Å². The summed E-state index contributed by atoms with van der Waals surface area (Å²) in [5.74, 6) is 1.61. The van der Waals surface area contributed by atoms with Crippen LogP contribution in [0.4, 0.5) is 0 Å². The highest BCUT2D eigenvalue weighted by molar-refractivity contribution is 9.10. The zero-order valence-corrected chi connectivity index (χ0v) is 11.2. The molecule has 17 heavy (non-hydrogen) atoms. The van der Waals surface area contributed by atoms with Gasteiger partial charge in [-0.3, -0.25) is 0 Å². The molecule has 2 aromatic rings. The number of hydrogen-bond donors (Lipinski definition) is 1. The second-order valence-electron chi connectivity index (χ2n) is 3.85. The Morgan fingerprint density at radius 2 is 1.88 bits per heavy atom. The van der Waals surface area contributed by atoms with Crippen LogP contribution >= 0.6 is 15.9 Å². The van der Waals surface area contributed by atoms with E-state index in [1.807, 2.05) is 49.4 Å². The molecule has 2 nitrogen and oxygen atoms in total. The molecule has 3 heteroatoms. The molecule has 0 bridgehead atoms. The Morgan fingerprint density at radius 3 is 2.59 bits per heavy atom. The van der Waals surface area contributed by atoms with Crippen LogP contribution in [0.2, 0.25) is 0 Å². The third-order valence-corrected chi connectivity index (χ3v) is 3.12. The lowest BCUT2D eigenvalue weighted by Crippen LogP contribution is -1.99. The number of nitrogens with two attached hydrogens (primary N) is 1. The highest BCUT2D eigenvalue weighted by atomic mass is 79.9. The van der Waals surface area contributed by atoms with E-state index in [-0.39, 0.29) is 0 Å². The van der Waals surface area contributed by atoms with Crippen LogP contribution in [0, 0.1) is 6.92 Å². The molecule has 2 rings (SSSR count).